The zero-order chi connectivity index (χ0) is 14.0. The van der Waals surface area contributed by atoms with Crippen LogP contribution in [0, 0.1) is 0 Å². The van der Waals surface area contributed by atoms with Crippen molar-refractivity contribution in [1.82, 2.24) is 0 Å². The van der Waals surface area contributed by atoms with E-state index in [1.165, 1.54) is 56.7 Å². The van der Waals surface area contributed by atoms with Gasteiger partial charge in [0.2, 0.25) is 8.41 Å². The van der Waals surface area contributed by atoms with Gasteiger partial charge in [-0.3, -0.25) is 0 Å². The van der Waals surface area contributed by atoms with E-state index >= 15 is 4.11 Å². The molecular formula is C16H33FSi2. The second-order valence-electron chi connectivity index (χ2n) is 8.30. The molecule has 19 heavy (non-hydrogen) atoms. The summed E-state index contributed by atoms with van der Waals surface area (Å²) in [5.41, 5.74) is 0. The molecule has 0 amide bonds. The molecule has 3 aliphatic rings. The second-order valence-corrected chi connectivity index (χ2v) is 17.7. The van der Waals surface area contributed by atoms with Crippen LogP contribution in [-0.4, -0.2) is 16.5 Å². The summed E-state index contributed by atoms with van der Waals surface area (Å²) in [6.45, 7) is 7.51. The molecule has 3 saturated heterocycles. The van der Waals surface area contributed by atoms with Crippen LogP contribution in [0.4, 0.5) is 4.11 Å². The van der Waals surface area contributed by atoms with Gasteiger partial charge < -0.3 is 4.11 Å². The molecule has 0 aromatic rings. The minimum atomic E-state index is -2.32. The second kappa shape index (κ2) is 6.01. The average molecular weight is 301 g/mol. The monoisotopic (exact) mass is 300 g/mol. The van der Waals surface area contributed by atoms with Crippen LogP contribution >= 0.6 is 0 Å². The van der Waals surface area contributed by atoms with Gasteiger partial charge in [0.1, 0.15) is 0 Å². The summed E-state index contributed by atoms with van der Waals surface area (Å²) in [5, 5.41) is 0.551. The fraction of sp³-hybridized carbons (Fsp3) is 1.00. The molecule has 3 heteroatoms. The summed E-state index contributed by atoms with van der Waals surface area (Å²) in [6.07, 6.45) is 7.61. The van der Waals surface area contributed by atoms with E-state index in [1.807, 2.05) is 0 Å². The molecule has 0 N–H and O–H groups in total. The smallest absolute Gasteiger partial charge is 0.247 e. The summed E-state index contributed by atoms with van der Waals surface area (Å²) in [4.78, 5) is 0. The topological polar surface area (TPSA) is 0 Å². The molecule has 3 heterocycles. The van der Waals surface area contributed by atoms with E-state index in [-0.39, 0.29) is 0 Å². The predicted octanol–water partition coefficient (Wildman–Crippen LogP) is 6.52. The zero-order valence-corrected chi connectivity index (χ0v) is 15.4. The van der Waals surface area contributed by atoms with Gasteiger partial charge in [-0.2, -0.15) is 0 Å². The normalized spacial score (nSPS) is 38.5. The van der Waals surface area contributed by atoms with Crippen molar-refractivity contribution in [3.8, 4) is 0 Å². The Bertz CT molecular complexity index is 262. The van der Waals surface area contributed by atoms with Gasteiger partial charge >= 0.3 is 0 Å². The third-order valence-corrected chi connectivity index (χ3v) is 17.0. The number of rotatable bonds is 0. The molecule has 0 spiro atoms. The van der Waals surface area contributed by atoms with Crippen molar-refractivity contribution in [2.45, 2.75) is 101 Å². The first-order valence-corrected chi connectivity index (χ1v) is 13.7. The Morgan fingerprint density at radius 1 is 0.632 bits per heavy atom. The maximum absolute atomic E-state index is 15.0. The molecule has 0 aliphatic carbocycles. The van der Waals surface area contributed by atoms with Gasteiger partial charge in [-0.05, 0) is 23.2 Å². The maximum atomic E-state index is 15.0. The van der Waals surface area contributed by atoms with E-state index in [4.69, 9.17) is 0 Å². The first-order valence-electron chi connectivity index (χ1n) is 8.56. The maximum Gasteiger partial charge on any atom is 0.247 e. The van der Waals surface area contributed by atoms with Gasteiger partial charge in [0.25, 0.3) is 0 Å². The van der Waals surface area contributed by atoms with Gasteiger partial charge in [-0.15, -0.1) is 0 Å². The lowest BCUT2D eigenvalue weighted by Crippen LogP contribution is -2.45. The third-order valence-electron chi connectivity index (χ3n) is 6.18. The zero-order valence-electron chi connectivity index (χ0n) is 13.4. The van der Waals surface area contributed by atoms with Gasteiger partial charge in [0.05, 0.1) is 8.07 Å². The summed E-state index contributed by atoms with van der Waals surface area (Å²) >= 11 is 0. The van der Waals surface area contributed by atoms with Crippen LogP contribution in [0.1, 0.15) is 59.3 Å². The van der Waals surface area contributed by atoms with E-state index in [9.17, 15) is 0 Å². The highest BCUT2D eigenvalue weighted by Crippen LogP contribution is 2.49. The van der Waals surface area contributed by atoms with E-state index in [0.29, 0.717) is 5.04 Å². The van der Waals surface area contributed by atoms with Crippen LogP contribution in [0.5, 0.6) is 0 Å². The Labute approximate surface area is 121 Å². The third kappa shape index (κ3) is 3.72. The largest absolute Gasteiger partial charge is 0.314 e. The van der Waals surface area contributed by atoms with Crippen LogP contribution in [0.25, 0.3) is 0 Å². The van der Waals surface area contributed by atoms with Crippen molar-refractivity contribution in [2.24, 2.45) is 0 Å². The molecule has 3 fully saturated rings. The predicted molar refractivity (Wildman–Crippen MR) is 88.9 cm³/mol. The summed E-state index contributed by atoms with van der Waals surface area (Å²) in [6, 6.07) is 7.42. The molecule has 0 radical (unpaired) electrons. The van der Waals surface area contributed by atoms with Crippen molar-refractivity contribution < 1.29 is 4.11 Å². The number of hydrogen-bond acceptors (Lipinski definition) is 0. The molecule has 0 unspecified atom stereocenters. The fourth-order valence-corrected chi connectivity index (χ4v) is 13.8. The van der Waals surface area contributed by atoms with Crippen molar-refractivity contribution in [2.75, 3.05) is 0 Å². The summed E-state index contributed by atoms with van der Waals surface area (Å²) in [5.74, 6) is 0. The van der Waals surface area contributed by atoms with Crippen LogP contribution in [0.3, 0.4) is 0 Å². The quantitative estimate of drug-likeness (QED) is 0.353. The highest BCUT2D eigenvalue weighted by molar-refractivity contribution is 6.82. The van der Waals surface area contributed by atoms with Gasteiger partial charge in [-0.25, -0.2) is 0 Å². The van der Waals surface area contributed by atoms with E-state index in [0.717, 1.165) is 18.1 Å². The molecule has 2 bridgehead atoms. The van der Waals surface area contributed by atoms with Crippen molar-refractivity contribution >= 4 is 16.5 Å². The van der Waals surface area contributed by atoms with Crippen LogP contribution in [0.15, 0.2) is 0 Å². The molecule has 112 valence electrons. The Kier molecular flexibility index (Phi) is 4.98. The molecule has 0 atom stereocenters. The minimum absolute atomic E-state index is 0.551. The van der Waals surface area contributed by atoms with Gasteiger partial charge in [0, 0.05) is 0 Å². The van der Waals surface area contributed by atoms with Gasteiger partial charge in [0.15, 0.2) is 0 Å². The van der Waals surface area contributed by atoms with Crippen LogP contribution < -0.4 is 0 Å². The SMILES string of the molecule is CC(C)(C)[Si]12CCCC[Si](F)(CCCC1)CCCC2. The van der Waals surface area contributed by atoms with Crippen LogP contribution in [-0.2, 0) is 0 Å². The van der Waals surface area contributed by atoms with E-state index in [1.54, 1.807) is 0 Å². The lowest BCUT2D eigenvalue weighted by Gasteiger charge is -2.45. The molecular weight excluding hydrogens is 267 g/mol. The fourth-order valence-electron chi connectivity index (χ4n) is 4.59. The molecule has 3 aliphatic heterocycles. The molecule has 0 aromatic heterocycles. The summed E-state index contributed by atoms with van der Waals surface area (Å²) in [7, 11) is -3.47. The van der Waals surface area contributed by atoms with Crippen molar-refractivity contribution in [3.05, 3.63) is 0 Å². The molecule has 0 nitrogen and oxygen atoms in total. The summed E-state index contributed by atoms with van der Waals surface area (Å²) < 4.78 is 15.0. The average Bonchev–Trinajstić information content (AvgIpc) is 2.34. The molecule has 0 saturated carbocycles. The number of halogens is 1. The number of fused-ring (bicyclic) bond motifs is 9. The van der Waals surface area contributed by atoms with Gasteiger partial charge in [-0.1, -0.05) is 77.4 Å². The lowest BCUT2D eigenvalue weighted by atomic mass is 10.2. The minimum Gasteiger partial charge on any atom is -0.314 e. The Morgan fingerprint density at radius 2 is 0.947 bits per heavy atom. The van der Waals surface area contributed by atoms with Crippen molar-refractivity contribution in [3.63, 3.8) is 0 Å². The molecule has 0 aromatic carbocycles. The Balaban J connectivity index is 2.21. The van der Waals surface area contributed by atoms with E-state index < -0.39 is 16.5 Å². The van der Waals surface area contributed by atoms with E-state index in [2.05, 4.69) is 20.8 Å². The Hall–Kier alpha value is 0.364. The number of hydrogen-bond donors (Lipinski definition) is 0. The first kappa shape index (κ1) is 15.7. The highest BCUT2D eigenvalue weighted by Gasteiger charge is 2.44. The van der Waals surface area contributed by atoms with Crippen LogP contribution in [0.2, 0.25) is 41.3 Å². The Morgan fingerprint density at radius 3 is 1.26 bits per heavy atom. The van der Waals surface area contributed by atoms with Crippen molar-refractivity contribution in [1.29, 1.82) is 0 Å². The highest BCUT2D eigenvalue weighted by atomic mass is 28.4. The first-order chi connectivity index (χ1) is 8.87. The standard InChI is InChI=1S/C16H33FSi2/c1-16(2,3)18-10-4-7-13-19(17,14-8-5-11-18)15-9-6-12-18/h4-15H2,1-3H3. The molecule has 3 rings (SSSR count). The lowest BCUT2D eigenvalue weighted by molar-refractivity contribution is 0.613.